The Morgan fingerprint density at radius 2 is 1.81 bits per heavy atom. The minimum atomic E-state index is -0.701. The number of methoxy groups -OCH3 is 1. The SMILES string of the molecule is COc1cc(Br)cc(Br)c1OCC(=O)N/N=C\c1cc(Br)c(O)c(O)c1O. The maximum absolute atomic E-state index is 11.9. The molecule has 2 aromatic carbocycles. The Morgan fingerprint density at radius 3 is 2.48 bits per heavy atom. The molecule has 0 aromatic heterocycles. The van der Waals surface area contributed by atoms with Crippen molar-refractivity contribution in [2.24, 2.45) is 5.10 Å². The van der Waals surface area contributed by atoms with Crippen molar-refractivity contribution in [2.45, 2.75) is 0 Å². The zero-order valence-corrected chi connectivity index (χ0v) is 18.4. The maximum Gasteiger partial charge on any atom is 0.277 e. The summed E-state index contributed by atoms with van der Waals surface area (Å²) in [6, 6.07) is 4.75. The van der Waals surface area contributed by atoms with Gasteiger partial charge in [0.05, 0.1) is 22.3 Å². The summed E-state index contributed by atoms with van der Waals surface area (Å²) in [7, 11) is 1.48. The van der Waals surface area contributed by atoms with E-state index in [-0.39, 0.29) is 16.6 Å². The highest BCUT2D eigenvalue weighted by Crippen LogP contribution is 2.42. The number of benzene rings is 2. The highest BCUT2D eigenvalue weighted by Gasteiger charge is 2.15. The van der Waals surface area contributed by atoms with E-state index in [4.69, 9.17) is 9.47 Å². The zero-order valence-electron chi connectivity index (χ0n) is 13.7. The largest absolute Gasteiger partial charge is 0.504 e. The van der Waals surface area contributed by atoms with Crippen LogP contribution in [0.25, 0.3) is 0 Å². The Kier molecular flexibility index (Phi) is 7.33. The van der Waals surface area contributed by atoms with E-state index >= 15 is 0 Å². The molecule has 1 amide bonds. The molecule has 0 spiro atoms. The van der Waals surface area contributed by atoms with Crippen molar-refractivity contribution in [3.05, 3.63) is 37.2 Å². The summed E-state index contributed by atoms with van der Waals surface area (Å²) in [6.45, 7) is -0.343. The minimum absolute atomic E-state index is 0.0794. The first kappa shape index (κ1) is 21.3. The first-order valence-electron chi connectivity index (χ1n) is 7.15. The molecule has 8 nitrogen and oxygen atoms in total. The van der Waals surface area contributed by atoms with E-state index in [0.717, 1.165) is 10.7 Å². The van der Waals surface area contributed by atoms with Gasteiger partial charge in [0.15, 0.2) is 29.6 Å². The lowest BCUT2D eigenvalue weighted by molar-refractivity contribution is -0.123. The zero-order chi connectivity index (χ0) is 20.1. The fourth-order valence-corrected chi connectivity index (χ4v) is 3.64. The van der Waals surface area contributed by atoms with E-state index in [9.17, 15) is 20.1 Å². The van der Waals surface area contributed by atoms with Crippen molar-refractivity contribution >= 4 is 59.9 Å². The second kappa shape index (κ2) is 9.29. The summed E-state index contributed by atoms with van der Waals surface area (Å²) in [5, 5.41) is 32.5. The number of aromatic hydroxyl groups is 3. The number of phenolic OH excluding ortho intramolecular Hbond substituents is 3. The molecule has 0 aliphatic carbocycles. The summed E-state index contributed by atoms with van der Waals surface area (Å²) in [5.41, 5.74) is 2.30. The average molecular weight is 569 g/mol. The number of phenols is 3. The van der Waals surface area contributed by atoms with Crippen LogP contribution in [-0.2, 0) is 4.79 Å². The molecule has 0 fully saturated rings. The van der Waals surface area contributed by atoms with Crippen molar-refractivity contribution in [3.8, 4) is 28.7 Å². The molecule has 0 aliphatic rings. The number of nitrogens with one attached hydrogen (secondary N) is 1. The first-order chi connectivity index (χ1) is 12.7. The Hall–Kier alpha value is -1.98. The molecule has 2 rings (SSSR count). The van der Waals surface area contributed by atoms with E-state index in [1.54, 1.807) is 12.1 Å². The van der Waals surface area contributed by atoms with Gasteiger partial charge >= 0.3 is 0 Å². The van der Waals surface area contributed by atoms with Crippen molar-refractivity contribution in [1.82, 2.24) is 5.43 Å². The van der Waals surface area contributed by atoms with E-state index in [2.05, 4.69) is 58.3 Å². The molecule has 4 N–H and O–H groups in total. The van der Waals surface area contributed by atoms with Crippen LogP contribution in [0.5, 0.6) is 28.7 Å². The number of hydrogen-bond acceptors (Lipinski definition) is 7. The lowest BCUT2D eigenvalue weighted by Crippen LogP contribution is -2.24. The Labute approximate surface area is 179 Å². The van der Waals surface area contributed by atoms with Gasteiger partial charge in [0, 0.05) is 10.0 Å². The molecule has 0 radical (unpaired) electrons. The molecule has 0 heterocycles. The molecule has 27 heavy (non-hydrogen) atoms. The molecule has 0 bridgehead atoms. The van der Waals surface area contributed by atoms with Gasteiger partial charge < -0.3 is 24.8 Å². The number of ether oxygens (including phenoxy) is 2. The van der Waals surface area contributed by atoms with Gasteiger partial charge in [-0.2, -0.15) is 5.10 Å². The van der Waals surface area contributed by atoms with Gasteiger partial charge in [-0.25, -0.2) is 5.43 Å². The molecule has 0 unspecified atom stereocenters. The standard InChI is InChI=1S/C16H13Br3N2O6/c1-26-11-4-8(17)3-10(19)16(11)27-6-12(22)21-20-5-7-2-9(18)14(24)15(25)13(7)23/h2-5,23-25H,6H2,1H3,(H,21,22)/b20-5-. The van der Waals surface area contributed by atoms with Gasteiger partial charge in [0.25, 0.3) is 5.91 Å². The van der Waals surface area contributed by atoms with Crippen LogP contribution in [0.4, 0.5) is 0 Å². The number of carbonyl (C=O) groups is 1. The third-order valence-corrected chi connectivity index (χ3v) is 4.82. The molecule has 0 aliphatic heterocycles. The third-order valence-electron chi connectivity index (χ3n) is 3.17. The summed E-state index contributed by atoms with van der Waals surface area (Å²) in [4.78, 5) is 11.9. The molecule has 11 heteroatoms. The average Bonchev–Trinajstić information content (AvgIpc) is 2.62. The molecular weight excluding hydrogens is 556 g/mol. The molecular formula is C16H13Br3N2O6. The fraction of sp³-hybridized carbons (Fsp3) is 0.125. The van der Waals surface area contributed by atoms with Gasteiger partial charge in [0.1, 0.15) is 0 Å². The molecule has 2 aromatic rings. The van der Waals surface area contributed by atoms with Gasteiger partial charge in [-0.3, -0.25) is 4.79 Å². The van der Waals surface area contributed by atoms with Crippen LogP contribution in [0.15, 0.2) is 36.7 Å². The van der Waals surface area contributed by atoms with Gasteiger partial charge in [0.2, 0.25) is 5.75 Å². The maximum atomic E-state index is 11.9. The highest BCUT2D eigenvalue weighted by molar-refractivity contribution is 9.11. The Balaban J connectivity index is 2.01. The van der Waals surface area contributed by atoms with Crippen molar-refractivity contribution in [3.63, 3.8) is 0 Å². The van der Waals surface area contributed by atoms with Gasteiger partial charge in [-0.15, -0.1) is 0 Å². The van der Waals surface area contributed by atoms with E-state index in [1.807, 2.05) is 0 Å². The lowest BCUT2D eigenvalue weighted by atomic mass is 10.2. The van der Waals surface area contributed by atoms with Gasteiger partial charge in [-0.05, 0) is 50.1 Å². The highest BCUT2D eigenvalue weighted by atomic mass is 79.9. The lowest BCUT2D eigenvalue weighted by Gasteiger charge is -2.12. The first-order valence-corrected chi connectivity index (χ1v) is 9.53. The number of halogens is 3. The summed E-state index contributed by atoms with van der Waals surface area (Å²) >= 11 is 9.67. The fourth-order valence-electron chi connectivity index (χ4n) is 1.91. The van der Waals surface area contributed by atoms with Crippen LogP contribution in [0.3, 0.4) is 0 Å². The minimum Gasteiger partial charge on any atom is -0.504 e. The smallest absolute Gasteiger partial charge is 0.277 e. The Morgan fingerprint density at radius 1 is 1.11 bits per heavy atom. The number of rotatable bonds is 6. The van der Waals surface area contributed by atoms with Crippen LogP contribution in [0.1, 0.15) is 5.56 Å². The Bertz CT molecular complexity index is 904. The third kappa shape index (κ3) is 5.27. The van der Waals surface area contributed by atoms with Crippen LogP contribution in [0, 0.1) is 0 Å². The van der Waals surface area contributed by atoms with Crippen molar-refractivity contribution < 1.29 is 29.6 Å². The van der Waals surface area contributed by atoms with E-state index < -0.39 is 23.2 Å². The number of amides is 1. The van der Waals surface area contributed by atoms with Crippen LogP contribution < -0.4 is 14.9 Å². The topological polar surface area (TPSA) is 121 Å². The van der Waals surface area contributed by atoms with Crippen LogP contribution >= 0.6 is 47.8 Å². The second-order valence-electron chi connectivity index (χ2n) is 4.99. The summed E-state index contributed by atoms with van der Waals surface area (Å²) in [6.07, 6.45) is 1.10. The predicted octanol–water partition coefficient (Wildman–Crippen LogP) is 3.63. The molecule has 144 valence electrons. The predicted molar refractivity (Wildman–Crippen MR) is 109 cm³/mol. The number of carbonyl (C=O) groups excluding carboxylic acids is 1. The van der Waals surface area contributed by atoms with Crippen molar-refractivity contribution in [1.29, 1.82) is 0 Å². The molecule has 0 saturated carbocycles. The number of hydrogen-bond donors (Lipinski definition) is 4. The quantitative estimate of drug-likeness (QED) is 0.240. The van der Waals surface area contributed by atoms with Crippen LogP contribution in [0.2, 0.25) is 0 Å². The molecule has 0 saturated heterocycles. The summed E-state index contributed by atoms with van der Waals surface area (Å²) in [5.74, 6) is -1.56. The van der Waals surface area contributed by atoms with Crippen LogP contribution in [-0.4, -0.2) is 41.2 Å². The normalized spacial score (nSPS) is 10.8. The summed E-state index contributed by atoms with van der Waals surface area (Å²) < 4.78 is 12.2. The second-order valence-corrected chi connectivity index (χ2v) is 7.62. The van der Waals surface area contributed by atoms with Crippen molar-refractivity contribution in [2.75, 3.05) is 13.7 Å². The number of hydrazone groups is 1. The van der Waals surface area contributed by atoms with Gasteiger partial charge in [-0.1, -0.05) is 15.9 Å². The monoisotopic (exact) mass is 566 g/mol. The van der Waals surface area contributed by atoms with E-state index in [0.29, 0.717) is 16.0 Å². The number of nitrogens with zero attached hydrogens (tertiary/aromatic N) is 1. The van der Waals surface area contributed by atoms with E-state index in [1.165, 1.54) is 13.2 Å². The molecule has 0 atom stereocenters.